The molecule has 0 aliphatic carbocycles. The van der Waals surface area contributed by atoms with Gasteiger partial charge in [0.15, 0.2) is 28.9 Å². The fourth-order valence-electron chi connectivity index (χ4n) is 3.89. The summed E-state index contributed by atoms with van der Waals surface area (Å²) in [6, 6.07) is -1.83. The third kappa shape index (κ3) is 4.75. The third-order valence-electron chi connectivity index (χ3n) is 5.91. The van der Waals surface area contributed by atoms with Crippen LogP contribution in [0.15, 0.2) is 29.3 Å². The number of aliphatic hydroxyl groups is 1. The van der Waals surface area contributed by atoms with Gasteiger partial charge in [-0.05, 0) is 19.4 Å². The number of aliphatic hydroxyl groups excluding tert-OH is 1. The average Bonchev–Trinajstić information content (AvgIpc) is 3.24. The zero-order valence-electron chi connectivity index (χ0n) is 19.2. The molecule has 4 rings (SSSR count). The minimum atomic E-state index is -6.03. The summed E-state index contributed by atoms with van der Waals surface area (Å²) in [5, 5.41) is 10.5. The van der Waals surface area contributed by atoms with Crippen molar-refractivity contribution in [1.29, 1.82) is 0 Å². The molecule has 0 radical (unpaired) electrons. The van der Waals surface area contributed by atoms with Crippen LogP contribution in [-0.2, 0) is 0 Å². The van der Waals surface area contributed by atoms with Crippen molar-refractivity contribution in [3.63, 3.8) is 0 Å². The van der Waals surface area contributed by atoms with E-state index in [-0.39, 0.29) is 25.3 Å². The van der Waals surface area contributed by atoms with Gasteiger partial charge in [0.1, 0.15) is 11.4 Å². The van der Waals surface area contributed by atoms with E-state index >= 15 is 0 Å². The predicted octanol–water partition coefficient (Wildman–Crippen LogP) is 3.08. The smallest absolute Gasteiger partial charge is 0.391 e. The van der Waals surface area contributed by atoms with Gasteiger partial charge < -0.3 is 15.3 Å². The number of amides is 1. The number of β-amino-alcohol motifs (C(OH)–C–C–N with tert-alkyl or cyclic N) is 1. The van der Waals surface area contributed by atoms with Crippen LogP contribution >= 0.6 is 0 Å². The number of fused-ring (bicyclic) bond motifs is 1. The first-order valence-electron chi connectivity index (χ1n) is 10.9. The lowest BCUT2D eigenvalue weighted by atomic mass is 10.1. The lowest BCUT2D eigenvalue weighted by Gasteiger charge is -2.26. The maximum Gasteiger partial charge on any atom is 0.455 e. The molecular weight excluding hydrogens is 534 g/mol. The topological polar surface area (TPSA) is 100 Å². The van der Waals surface area contributed by atoms with Crippen molar-refractivity contribution >= 4 is 22.8 Å². The van der Waals surface area contributed by atoms with Crippen LogP contribution in [0.5, 0.6) is 0 Å². The van der Waals surface area contributed by atoms with Crippen LogP contribution in [0.3, 0.4) is 0 Å². The summed E-state index contributed by atoms with van der Waals surface area (Å²) in [7, 11) is 0. The highest BCUT2D eigenvalue weighted by atomic mass is 19.4. The summed E-state index contributed by atoms with van der Waals surface area (Å²) in [5.74, 6) is -11.7. The van der Waals surface area contributed by atoms with Crippen molar-refractivity contribution < 1.29 is 45.0 Å². The van der Waals surface area contributed by atoms with E-state index in [4.69, 9.17) is 0 Å². The number of carbonyl (C=O) groups is 1. The number of carbonyl (C=O) groups excluding carboxylic acids is 1. The van der Waals surface area contributed by atoms with E-state index in [0.29, 0.717) is 36.0 Å². The van der Waals surface area contributed by atoms with Gasteiger partial charge in [-0.2, -0.15) is 22.0 Å². The molecule has 0 bridgehead atoms. The van der Waals surface area contributed by atoms with E-state index in [1.54, 1.807) is 0 Å². The van der Waals surface area contributed by atoms with Gasteiger partial charge in [-0.15, -0.1) is 0 Å². The zero-order valence-corrected chi connectivity index (χ0v) is 19.2. The lowest BCUT2D eigenvalue weighted by molar-refractivity contribution is -0.290. The molecule has 0 saturated carbocycles. The Balaban J connectivity index is 1.91. The minimum Gasteiger partial charge on any atom is -0.391 e. The molecule has 3 aromatic heterocycles. The molecule has 4 heterocycles. The Labute approximate surface area is 207 Å². The molecule has 16 heteroatoms. The molecule has 38 heavy (non-hydrogen) atoms. The number of nitrogens with one attached hydrogen (secondary N) is 1. The van der Waals surface area contributed by atoms with Gasteiger partial charge >= 0.3 is 12.1 Å². The monoisotopic (exact) mass is 551 g/mol. The number of rotatable bonds is 5. The molecule has 3 aromatic rings. The Hall–Kier alpha value is -3.82. The van der Waals surface area contributed by atoms with Gasteiger partial charge in [0.25, 0.3) is 5.91 Å². The van der Waals surface area contributed by atoms with Gasteiger partial charge in [-0.3, -0.25) is 14.2 Å². The molecule has 204 valence electrons. The first kappa shape index (κ1) is 27.2. The van der Waals surface area contributed by atoms with Crippen molar-refractivity contribution in [3.05, 3.63) is 57.8 Å². The second kappa shape index (κ2) is 9.49. The maximum atomic E-state index is 15.0. The quantitative estimate of drug-likeness (QED) is 0.473. The van der Waals surface area contributed by atoms with Gasteiger partial charge in [-0.1, -0.05) is 0 Å². The number of hydrogen-bond acceptors (Lipinski definition) is 6. The summed E-state index contributed by atoms with van der Waals surface area (Å²) >= 11 is 0. The van der Waals surface area contributed by atoms with Crippen molar-refractivity contribution in [2.45, 2.75) is 37.6 Å². The molecule has 1 saturated heterocycles. The summed E-state index contributed by atoms with van der Waals surface area (Å²) in [4.78, 5) is 34.6. The molecule has 8 nitrogen and oxygen atoms in total. The normalized spacial score (nSPS) is 17.2. The molecule has 1 aliphatic rings. The van der Waals surface area contributed by atoms with Gasteiger partial charge in [0.05, 0.1) is 23.7 Å². The molecule has 1 fully saturated rings. The van der Waals surface area contributed by atoms with E-state index in [1.807, 2.05) is 0 Å². The Bertz CT molecular complexity index is 1480. The Kier molecular flexibility index (Phi) is 6.80. The second-order valence-electron chi connectivity index (χ2n) is 8.57. The van der Waals surface area contributed by atoms with Crippen LogP contribution in [0, 0.1) is 17.5 Å². The maximum absolute atomic E-state index is 15.0. The number of nitrogens with zero attached hydrogens (tertiary/aromatic N) is 4. The molecule has 0 aromatic carbocycles. The van der Waals surface area contributed by atoms with E-state index in [1.165, 1.54) is 10.2 Å². The summed E-state index contributed by atoms with van der Waals surface area (Å²) in [6.45, 7) is 0.481. The van der Waals surface area contributed by atoms with Crippen LogP contribution in [0.2, 0.25) is 0 Å². The SMILES string of the molecule is CC(NC(=O)c1cn(-c2ncc(F)cc2F)c2nc(N3CC[C@H](O)C3)c(F)cc2c1=O)C(F)(F)C(F)(F)F. The standard InChI is InChI=1S/C22H17F8N5O3/c1-9(21(26,27)22(28,29)30)32-20(38)13-8-35(18-14(24)4-10(23)6-31-18)17-12(16(13)37)5-15(25)19(33-17)34-3-2-11(36)7-34/h4-6,8-9,11,36H,2-3,7H2,1H3,(H,32,38)/t9?,11-/m0/s1. The van der Waals surface area contributed by atoms with Crippen molar-refractivity contribution in [1.82, 2.24) is 19.9 Å². The number of alkyl halides is 5. The molecule has 1 unspecified atom stereocenters. The Morgan fingerprint density at radius 2 is 1.79 bits per heavy atom. The molecule has 0 spiro atoms. The van der Waals surface area contributed by atoms with Gasteiger partial charge in [0, 0.05) is 25.4 Å². The largest absolute Gasteiger partial charge is 0.455 e. The molecular formula is C22H17F8N5O3. The number of pyridine rings is 3. The van der Waals surface area contributed by atoms with E-state index in [9.17, 15) is 49.8 Å². The van der Waals surface area contributed by atoms with Crippen molar-refractivity contribution in [3.8, 4) is 5.82 Å². The van der Waals surface area contributed by atoms with Crippen LogP contribution in [0.1, 0.15) is 23.7 Å². The molecule has 1 amide bonds. The first-order valence-corrected chi connectivity index (χ1v) is 10.9. The minimum absolute atomic E-state index is 0.0331. The average molecular weight is 551 g/mol. The zero-order chi connectivity index (χ0) is 28.2. The highest BCUT2D eigenvalue weighted by Gasteiger charge is 2.61. The Morgan fingerprint density at radius 3 is 2.37 bits per heavy atom. The van der Waals surface area contributed by atoms with Crippen molar-refractivity contribution in [2.75, 3.05) is 18.0 Å². The summed E-state index contributed by atoms with van der Waals surface area (Å²) in [6.07, 6.45) is -5.45. The third-order valence-corrected chi connectivity index (χ3v) is 5.91. The van der Waals surface area contributed by atoms with E-state index in [2.05, 4.69) is 9.97 Å². The number of hydrogen-bond donors (Lipinski definition) is 2. The highest BCUT2D eigenvalue weighted by molar-refractivity contribution is 5.97. The number of halogens is 8. The summed E-state index contributed by atoms with van der Waals surface area (Å²) < 4.78 is 109. The lowest BCUT2D eigenvalue weighted by Crippen LogP contribution is -2.54. The second-order valence-corrected chi connectivity index (χ2v) is 8.57. The Morgan fingerprint density at radius 1 is 1.13 bits per heavy atom. The van der Waals surface area contributed by atoms with Gasteiger partial charge in [0.2, 0.25) is 5.43 Å². The molecule has 2 atom stereocenters. The van der Waals surface area contributed by atoms with Crippen molar-refractivity contribution in [2.24, 2.45) is 0 Å². The van der Waals surface area contributed by atoms with Crippen LogP contribution in [-0.4, -0.2) is 62.9 Å². The van der Waals surface area contributed by atoms with Crippen LogP contribution in [0.25, 0.3) is 16.9 Å². The first-order chi connectivity index (χ1) is 17.6. The number of aromatic nitrogens is 3. The van der Waals surface area contributed by atoms with E-state index < -0.39 is 75.4 Å². The fourth-order valence-corrected chi connectivity index (χ4v) is 3.89. The highest BCUT2D eigenvalue weighted by Crippen LogP contribution is 2.38. The predicted molar refractivity (Wildman–Crippen MR) is 116 cm³/mol. The van der Waals surface area contributed by atoms with Gasteiger partial charge in [-0.25, -0.2) is 23.1 Å². The summed E-state index contributed by atoms with van der Waals surface area (Å²) in [5.41, 5.74) is -2.88. The molecule has 2 N–H and O–H groups in total. The van der Waals surface area contributed by atoms with E-state index in [0.717, 1.165) is 0 Å². The number of anilines is 1. The van der Waals surface area contributed by atoms with Crippen LogP contribution < -0.4 is 15.6 Å². The fraction of sp³-hybridized carbons (Fsp3) is 0.364. The molecule has 1 aliphatic heterocycles. The van der Waals surface area contributed by atoms with Crippen LogP contribution in [0.4, 0.5) is 40.9 Å².